The monoisotopic (exact) mass is 361 g/mol. The van der Waals surface area contributed by atoms with Crippen molar-refractivity contribution in [1.29, 1.82) is 0 Å². The minimum atomic E-state index is -0.989. The van der Waals surface area contributed by atoms with Crippen LogP contribution in [0.4, 0.5) is 4.79 Å². The number of amides is 2. The molecule has 0 unspecified atom stereocenters. The smallest absolute Gasteiger partial charge is 0.326 e. The van der Waals surface area contributed by atoms with E-state index in [0.717, 1.165) is 37.9 Å². The molecule has 0 saturated carbocycles. The van der Waals surface area contributed by atoms with Gasteiger partial charge in [-0.15, -0.1) is 0 Å². The van der Waals surface area contributed by atoms with Crippen LogP contribution < -0.4 is 0 Å². The molecule has 2 amide bonds. The number of phenolic OH excluding ortho intramolecular Hbond substituents is 1. The van der Waals surface area contributed by atoms with E-state index in [1.54, 1.807) is 12.1 Å². The first-order chi connectivity index (χ1) is 12.5. The van der Waals surface area contributed by atoms with E-state index >= 15 is 0 Å². The summed E-state index contributed by atoms with van der Waals surface area (Å²) in [5.74, 6) is -0.847. The van der Waals surface area contributed by atoms with Crippen LogP contribution in [0.5, 0.6) is 5.75 Å². The minimum absolute atomic E-state index is 0.142. The highest BCUT2D eigenvalue weighted by molar-refractivity contribution is 5.83. The van der Waals surface area contributed by atoms with Crippen LogP contribution in [-0.4, -0.2) is 82.2 Å². The molecule has 0 spiro atoms. The Labute approximate surface area is 153 Å². The van der Waals surface area contributed by atoms with Gasteiger partial charge in [0.25, 0.3) is 0 Å². The number of benzene rings is 1. The predicted octanol–water partition coefficient (Wildman–Crippen LogP) is 1.61. The number of aromatic hydroxyl groups is 1. The summed E-state index contributed by atoms with van der Waals surface area (Å²) in [6.07, 6.45) is 2.90. The van der Waals surface area contributed by atoms with Crippen molar-refractivity contribution in [2.45, 2.75) is 37.8 Å². The number of likely N-dealkylation sites (tertiary alicyclic amines) is 1. The number of urea groups is 1. The van der Waals surface area contributed by atoms with Crippen LogP contribution in [0.3, 0.4) is 0 Å². The maximum absolute atomic E-state index is 13.0. The molecule has 142 valence electrons. The van der Waals surface area contributed by atoms with E-state index < -0.39 is 12.0 Å². The Morgan fingerprint density at radius 2 is 1.81 bits per heavy atom. The topological polar surface area (TPSA) is 84.3 Å². The van der Waals surface area contributed by atoms with Gasteiger partial charge in [0, 0.05) is 25.6 Å². The number of rotatable bonds is 5. The van der Waals surface area contributed by atoms with E-state index in [0.29, 0.717) is 13.1 Å². The molecule has 1 atom stereocenters. The van der Waals surface area contributed by atoms with E-state index in [9.17, 15) is 19.8 Å². The highest BCUT2D eigenvalue weighted by atomic mass is 16.4. The first kappa shape index (κ1) is 18.5. The molecule has 2 aliphatic heterocycles. The summed E-state index contributed by atoms with van der Waals surface area (Å²) < 4.78 is 0. The highest BCUT2D eigenvalue weighted by Crippen LogP contribution is 2.23. The van der Waals surface area contributed by atoms with E-state index in [-0.39, 0.29) is 24.2 Å². The summed E-state index contributed by atoms with van der Waals surface area (Å²) >= 11 is 0. The van der Waals surface area contributed by atoms with Crippen molar-refractivity contribution in [3.05, 3.63) is 29.8 Å². The van der Waals surface area contributed by atoms with Gasteiger partial charge in [-0.3, -0.25) is 0 Å². The van der Waals surface area contributed by atoms with Crippen LogP contribution in [0.2, 0.25) is 0 Å². The Morgan fingerprint density at radius 1 is 1.15 bits per heavy atom. The Bertz CT molecular complexity index is 641. The third kappa shape index (κ3) is 4.09. The third-order valence-corrected chi connectivity index (χ3v) is 5.44. The van der Waals surface area contributed by atoms with Gasteiger partial charge in [-0.1, -0.05) is 12.1 Å². The number of carbonyl (C=O) groups excluding carboxylic acids is 1. The fourth-order valence-electron chi connectivity index (χ4n) is 3.89. The SMILES string of the molecule is CN1CCC(N2CCCN([C@@H](Cc3ccc(O)cc3)C(=O)O)C2=O)CC1. The molecule has 3 rings (SSSR count). The molecule has 1 aromatic rings. The molecular formula is C19H27N3O4. The van der Waals surface area contributed by atoms with Crippen molar-refractivity contribution >= 4 is 12.0 Å². The van der Waals surface area contributed by atoms with Gasteiger partial charge in [0.05, 0.1) is 0 Å². The third-order valence-electron chi connectivity index (χ3n) is 5.44. The van der Waals surface area contributed by atoms with Crippen LogP contribution in [0.1, 0.15) is 24.8 Å². The average Bonchev–Trinajstić information content (AvgIpc) is 2.62. The molecule has 0 bridgehead atoms. The quantitative estimate of drug-likeness (QED) is 0.832. The standard InChI is InChI=1S/C19H27N3O4/c1-20-11-7-15(8-12-20)21-9-2-10-22(19(21)26)17(18(24)25)13-14-3-5-16(23)6-4-14/h3-6,15,17,23H,2,7-13H2,1H3,(H,24,25)/t17-/m0/s1. The largest absolute Gasteiger partial charge is 0.508 e. The molecule has 7 heteroatoms. The van der Waals surface area contributed by atoms with Gasteiger partial charge in [0.1, 0.15) is 11.8 Å². The lowest BCUT2D eigenvalue weighted by molar-refractivity contribution is -0.142. The minimum Gasteiger partial charge on any atom is -0.508 e. The van der Waals surface area contributed by atoms with Gasteiger partial charge in [-0.25, -0.2) is 9.59 Å². The molecule has 2 saturated heterocycles. The Hall–Kier alpha value is -2.28. The first-order valence-corrected chi connectivity index (χ1v) is 9.22. The predicted molar refractivity (Wildman–Crippen MR) is 97.2 cm³/mol. The van der Waals surface area contributed by atoms with Crippen molar-refractivity contribution in [2.75, 3.05) is 33.2 Å². The van der Waals surface area contributed by atoms with Gasteiger partial charge >= 0.3 is 12.0 Å². The Morgan fingerprint density at radius 3 is 2.42 bits per heavy atom. The number of carboxylic acid groups (broad SMARTS) is 1. The number of hydrogen-bond acceptors (Lipinski definition) is 4. The fraction of sp³-hybridized carbons (Fsp3) is 0.579. The summed E-state index contributed by atoms with van der Waals surface area (Å²) in [6, 6.07) is 5.64. The molecule has 0 radical (unpaired) electrons. The Balaban J connectivity index is 1.72. The van der Waals surface area contributed by atoms with Crippen molar-refractivity contribution in [2.24, 2.45) is 0 Å². The van der Waals surface area contributed by atoms with E-state index in [2.05, 4.69) is 11.9 Å². The summed E-state index contributed by atoms with van der Waals surface area (Å²) in [6.45, 7) is 3.10. The molecule has 2 heterocycles. The average molecular weight is 361 g/mol. The summed E-state index contributed by atoms with van der Waals surface area (Å²) in [5, 5.41) is 19.1. The molecular weight excluding hydrogens is 334 g/mol. The van der Waals surface area contributed by atoms with Crippen molar-refractivity contribution < 1.29 is 19.8 Å². The fourth-order valence-corrected chi connectivity index (χ4v) is 3.89. The molecule has 2 N–H and O–H groups in total. The van der Waals surface area contributed by atoms with Crippen molar-refractivity contribution in [1.82, 2.24) is 14.7 Å². The molecule has 7 nitrogen and oxygen atoms in total. The van der Waals surface area contributed by atoms with Crippen LogP contribution in [-0.2, 0) is 11.2 Å². The van der Waals surface area contributed by atoms with Gasteiger partial charge in [-0.05, 0) is 57.1 Å². The van der Waals surface area contributed by atoms with Crippen LogP contribution in [0, 0.1) is 0 Å². The normalized spacial score (nSPS) is 21.0. The van der Waals surface area contributed by atoms with Crippen LogP contribution in [0.25, 0.3) is 0 Å². The number of hydrogen-bond donors (Lipinski definition) is 2. The summed E-state index contributed by atoms with van der Waals surface area (Å²) in [4.78, 5) is 30.6. The molecule has 2 aliphatic rings. The van der Waals surface area contributed by atoms with Crippen LogP contribution in [0.15, 0.2) is 24.3 Å². The van der Waals surface area contributed by atoms with E-state index in [4.69, 9.17) is 0 Å². The lowest BCUT2D eigenvalue weighted by Gasteiger charge is -2.44. The number of nitrogens with zero attached hydrogens (tertiary/aromatic N) is 3. The van der Waals surface area contributed by atoms with Gasteiger partial charge in [0.2, 0.25) is 0 Å². The highest BCUT2D eigenvalue weighted by Gasteiger charge is 2.38. The maximum Gasteiger partial charge on any atom is 0.326 e. The molecule has 26 heavy (non-hydrogen) atoms. The van der Waals surface area contributed by atoms with Gasteiger partial charge in [0.15, 0.2) is 0 Å². The second kappa shape index (κ2) is 7.95. The molecule has 2 fully saturated rings. The zero-order valence-electron chi connectivity index (χ0n) is 15.2. The number of carbonyl (C=O) groups is 2. The van der Waals surface area contributed by atoms with Crippen molar-refractivity contribution in [3.63, 3.8) is 0 Å². The zero-order chi connectivity index (χ0) is 18.7. The van der Waals surface area contributed by atoms with Crippen LogP contribution >= 0.6 is 0 Å². The maximum atomic E-state index is 13.0. The molecule has 0 aliphatic carbocycles. The zero-order valence-corrected chi connectivity index (χ0v) is 15.2. The molecule has 0 aromatic heterocycles. The van der Waals surface area contributed by atoms with E-state index in [1.165, 1.54) is 17.0 Å². The van der Waals surface area contributed by atoms with Crippen molar-refractivity contribution in [3.8, 4) is 5.75 Å². The number of phenols is 1. The Kier molecular flexibility index (Phi) is 5.66. The second-order valence-electron chi connectivity index (χ2n) is 7.28. The lowest BCUT2D eigenvalue weighted by atomic mass is 10.0. The molecule has 1 aromatic carbocycles. The summed E-state index contributed by atoms with van der Waals surface area (Å²) in [5.41, 5.74) is 0.791. The number of aliphatic carboxylic acids is 1. The van der Waals surface area contributed by atoms with Gasteiger partial charge < -0.3 is 24.9 Å². The number of piperidine rings is 1. The number of carboxylic acids is 1. The summed E-state index contributed by atoms with van der Waals surface area (Å²) in [7, 11) is 2.08. The van der Waals surface area contributed by atoms with E-state index in [1.807, 2.05) is 4.90 Å². The second-order valence-corrected chi connectivity index (χ2v) is 7.28. The lowest BCUT2D eigenvalue weighted by Crippen LogP contribution is -2.59. The van der Waals surface area contributed by atoms with Gasteiger partial charge in [-0.2, -0.15) is 0 Å². The first-order valence-electron chi connectivity index (χ1n) is 9.22.